The second-order valence-electron chi connectivity index (χ2n) is 8.04. The van der Waals surface area contributed by atoms with Gasteiger partial charge in [-0.05, 0) is 47.0 Å². The molecule has 1 unspecified atom stereocenters. The minimum Gasteiger partial charge on any atom is -0.351 e. The van der Waals surface area contributed by atoms with Crippen molar-refractivity contribution in [3.8, 4) is 5.69 Å². The molecule has 1 saturated heterocycles. The molecule has 0 spiro atoms. The lowest BCUT2D eigenvalue weighted by Gasteiger charge is -2.33. The molecule has 2 N–H and O–H groups in total. The van der Waals surface area contributed by atoms with Gasteiger partial charge in [0, 0.05) is 32.5 Å². The standard InChI is InChI=1S/C23H26FN7O2/c1-16(32)25-21(15-17-7-5-6-10-20(17)24)22(33)26-18-11-13-30(14-12-18)23-27-28-29-31(23)19-8-3-2-4-9-19/h2-10,18,21H,11-15H2,1H3,(H,25,32)(H,26,33). The van der Waals surface area contributed by atoms with Crippen LogP contribution in [-0.4, -0.2) is 57.2 Å². The number of amides is 2. The first kappa shape index (κ1) is 22.4. The summed E-state index contributed by atoms with van der Waals surface area (Å²) in [5.74, 6) is -0.401. The van der Waals surface area contributed by atoms with E-state index in [-0.39, 0.29) is 24.3 Å². The number of para-hydroxylation sites is 1. The summed E-state index contributed by atoms with van der Waals surface area (Å²) in [5, 5.41) is 17.8. The fraction of sp³-hybridized carbons (Fsp3) is 0.348. The Morgan fingerprint density at radius 1 is 1.09 bits per heavy atom. The van der Waals surface area contributed by atoms with Crippen molar-refractivity contribution in [1.29, 1.82) is 0 Å². The molecule has 10 heteroatoms. The molecule has 3 aromatic rings. The fourth-order valence-corrected chi connectivity index (χ4v) is 3.98. The molecule has 1 aromatic heterocycles. The molecule has 0 radical (unpaired) electrons. The molecule has 2 aromatic carbocycles. The number of carbonyl (C=O) groups is 2. The second-order valence-corrected chi connectivity index (χ2v) is 8.04. The molecule has 1 atom stereocenters. The first-order valence-electron chi connectivity index (χ1n) is 10.9. The Morgan fingerprint density at radius 2 is 1.79 bits per heavy atom. The first-order valence-corrected chi connectivity index (χ1v) is 10.9. The number of nitrogens with zero attached hydrogens (tertiary/aromatic N) is 5. The van der Waals surface area contributed by atoms with E-state index in [2.05, 4.69) is 31.1 Å². The zero-order valence-electron chi connectivity index (χ0n) is 18.3. The van der Waals surface area contributed by atoms with Crippen molar-refractivity contribution in [1.82, 2.24) is 30.8 Å². The number of hydrogen-bond donors (Lipinski definition) is 2. The van der Waals surface area contributed by atoms with Crippen molar-refractivity contribution in [2.75, 3.05) is 18.0 Å². The van der Waals surface area contributed by atoms with E-state index in [0.717, 1.165) is 5.69 Å². The van der Waals surface area contributed by atoms with Gasteiger partial charge in [0.15, 0.2) is 0 Å². The van der Waals surface area contributed by atoms with Crippen LogP contribution in [0, 0.1) is 5.82 Å². The highest BCUT2D eigenvalue weighted by atomic mass is 19.1. The summed E-state index contributed by atoms with van der Waals surface area (Å²) in [5.41, 5.74) is 1.26. The van der Waals surface area contributed by atoms with Crippen LogP contribution in [-0.2, 0) is 16.0 Å². The van der Waals surface area contributed by atoms with Crippen LogP contribution in [0.15, 0.2) is 54.6 Å². The van der Waals surface area contributed by atoms with Crippen molar-refractivity contribution >= 4 is 17.8 Å². The molecule has 0 bridgehead atoms. The lowest BCUT2D eigenvalue weighted by molar-refractivity contribution is -0.128. The number of halogens is 1. The van der Waals surface area contributed by atoms with Gasteiger partial charge in [-0.25, -0.2) is 4.39 Å². The minimum atomic E-state index is -0.845. The van der Waals surface area contributed by atoms with E-state index in [9.17, 15) is 14.0 Å². The van der Waals surface area contributed by atoms with Gasteiger partial charge in [0.25, 0.3) is 0 Å². The van der Waals surface area contributed by atoms with Crippen LogP contribution in [0.1, 0.15) is 25.3 Å². The molecule has 4 rings (SSSR count). The molecular weight excluding hydrogens is 425 g/mol. The minimum absolute atomic E-state index is 0.0633. The molecule has 0 saturated carbocycles. The highest BCUT2D eigenvalue weighted by molar-refractivity contribution is 5.87. The summed E-state index contributed by atoms with van der Waals surface area (Å²) >= 11 is 0. The molecule has 0 aliphatic carbocycles. The highest BCUT2D eigenvalue weighted by Crippen LogP contribution is 2.20. The predicted molar refractivity (Wildman–Crippen MR) is 120 cm³/mol. The van der Waals surface area contributed by atoms with E-state index in [1.165, 1.54) is 13.0 Å². The van der Waals surface area contributed by atoms with Crippen LogP contribution < -0.4 is 15.5 Å². The number of nitrogens with one attached hydrogen (secondary N) is 2. The molecule has 9 nitrogen and oxygen atoms in total. The van der Waals surface area contributed by atoms with E-state index in [0.29, 0.717) is 37.4 Å². The molecule has 1 fully saturated rings. The van der Waals surface area contributed by atoms with Crippen LogP contribution in [0.25, 0.3) is 5.69 Å². The Labute approximate surface area is 191 Å². The van der Waals surface area contributed by atoms with Gasteiger partial charge in [-0.1, -0.05) is 41.5 Å². The first-order chi connectivity index (χ1) is 16.0. The normalized spacial score (nSPS) is 15.2. The summed E-state index contributed by atoms with van der Waals surface area (Å²) in [4.78, 5) is 26.6. The van der Waals surface area contributed by atoms with E-state index in [4.69, 9.17) is 0 Å². The number of rotatable bonds is 7. The smallest absolute Gasteiger partial charge is 0.250 e. The van der Waals surface area contributed by atoms with Crippen LogP contribution in [0.4, 0.5) is 10.3 Å². The Hall–Kier alpha value is -3.82. The zero-order chi connectivity index (χ0) is 23.2. The zero-order valence-corrected chi connectivity index (χ0v) is 18.3. The monoisotopic (exact) mass is 451 g/mol. The van der Waals surface area contributed by atoms with Crippen molar-refractivity contribution in [3.63, 3.8) is 0 Å². The van der Waals surface area contributed by atoms with E-state index in [1.54, 1.807) is 22.9 Å². The molecule has 1 aliphatic rings. The van der Waals surface area contributed by atoms with Gasteiger partial charge in [-0.3, -0.25) is 9.59 Å². The third-order valence-electron chi connectivity index (χ3n) is 5.65. The summed E-state index contributed by atoms with van der Waals surface area (Å²) in [6.45, 7) is 2.67. The summed E-state index contributed by atoms with van der Waals surface area (Å²) < 4.78 is 15.8. The van der Waals surface area contributed by atoms with Gasteiger partial charge in [-0.2, -0.15) is 4.68 Å². The van der Waals surface area contributed by atoms with Gasteiger partial charge < -0.3 is 15.5 Å². The van der Waals surface area contributed by atoms with Crippen LogP contribution >= 0.6 is 0 Å². The maximum absolute atomic E-state index is 14.1. The SMILES string of the molecule is CC(=O)NC(Cc1ccccc1F)C(=O)NC1CCN(c2nnnn2-c2ccccc2)CC1. The average Bonchev–Trinajstić information content (AvgIpc) is 3.31. The molecule has 172 valence electrons. The molecule has 33 heavy (non-hydrogen) atoms. The lowest BCUT2D eigenvalue weighted by atomic mass is 10.0. The molecular formula is C23H26FN7O2. The maximum Gasteiger partial charge on any atom is 0.250 e. The highest BCUT2D eigenvalue weighted by Gasteiger charge is 2.28. The number of anilines is 1. The second kappa shape index (κ2) is 10.2. The van der Waals surface area contributed by atoms with E-state index < -0.39 is 11.9 Å². The Balaban J connectivity index is 1.37. The van der Waals surface area contributed by atoms with Gasteiger partial charge >= 0.3 is 0 Å². The summed E-state index contributed by atoms with van der Waals surface area (Å²) in [6.07, 6.45) is 1.47. The van der Waals surface area contributed by atoms with Gasteiger partial charge in [0.2, 0.25) is 17.8 Å². The molecule has 2 heterocycles. The topological polar surface area (TPSA) is 105 Å². The van der Waals surface area contributed by atoms with Crippen LogP contribution in [0.5, 0.6) is 0 Å². The third-order valence-corrected chi connectivity index (χ3v) is 5.65. The van der Waals surface area contributed by atoms with Crippen LogP contribution in [0.3, 0.4) is 0 Å². The van der Waals surface area contributed by atoms with Crippen molar-refractivity contribution in [2.24, 2.45) is 0 Å². The van der Waals surface area contributed by atoms with Crippen molar-refractivity contribution < 1.29 is 14.0 Å². The van der Waals surface area contributed by atoms with Gasteiger partial charge in [0.1, 0.15) is 11.9 Å². The number of hydrogen-bond acceptors (Lipinski definition) is 6. The maximum atomic E-state index is 14.1. The number of benzene rings is 2. The quantitative estimate of drug-likeness (QED) is 0.566. The summed E-state index contributed by atoms with van der Waals surface area (Å²) in [6, 6.07) is 15.0. The van der Waals surface area contributed by atoms with Crippen molar-refractivity contribution in [2.45, 2.75) is 38.3 Å². The Morgan fingerprint density at radius 3 is 2.48 bits per heavy atom. The molecule has 1 aliphatic heterocycles. The lowest BCUT2D eigenvalue weighted by Crippen LogP contribution is -2.52. The average molecular weight is 452 g/mol. The molecule has 2 amide bonds. The predicted octanol–water partition coefficient (Wildman–Crippen LogP) is 1.63. The number of carbonyl (C=O) groups excluding carboxylic acids is 2. The van der Waals surface area contributed by atoms with E-state index in [1.807, 2.05) is 30.3 Å². The van der Waals surface area contributed by atoms with E-state index >= 15 is 0 Å². The number of tetrazole rings is 1. The fourth-order valence-electron chi connectivity index (χ4n) is 3.98. The number of piperidine rings is 1. The largest absolute Gasteiger partial charge is 0.351 e. The Bertz CT molecular complexity index is 1100. The van der Waals surface area contributed by atoms with Crippen LogP contribution in [0.2, 0.25) is 0 Å². The van der Waals surface area contributed by atoms with Gasteiger partial charge in [-0.15, -0.1) is 0 Å². The van der Waals surface area contributed by atoms with Gasteiger partial charge in [0.05, 0.1) is 5.69 Å². The summed E-state index contributed by atoms with van der Waals surface area (Å²) in [7, 11) is 0. The Kier molecular flexibility index (Phi) is 6.92. The third kappa shape index (κ3) is 5.51. The van der Waals surface area contributed by atoms with Crippen molar-refractivity contribution in [3.05, 3.63) is 66.0 Å². The number of aromatic nitrogens is 4.